The third-order valence-electron chi connectivity index (χ3n) is 3.65. The van der Waals surface area contributed by atoms with Gasteiger partial charge >= 0.3 is 0 Å². The zero-order valence-electron chi connectivity index (χ0n) is 13.0. The van der Waals surface area contributed by atoms with Gasteiger partial charge in [0.15, 0.2) is 5.17 Å². The Hall–Kier alpha value is -2.08. The van der Waals surface area contributed by atoms with Crippen molar-refractivity contribution < 1.29 is 4.42 Å². The van der Waals surface area contributed by atoms with Crippen molar-refractivity contribution >= 4 is 22.6 Å². The summed E-state index contributed by atoms with van der Waals surface area (Å²) in [5.74, 6) is 0.962. The van der Waals surface area contributed by atoms with E-state index >= 15 is 0 Å². The fourth-order valence-electron chi connectivity index (χ4n) is 2.52. The van der Waals surface area contributed by atoms with Crippen LogP contribution >= 0.6 is 11.8 Å². The van der Waals surface area contributed by atoms with Crippen LogP contribution in [-0.4, -0.2) is 16.3 Å². The molecule has 3 rings (SSSR count). The largest absolute Gasteiger partial charge is 0.467 e. The number of hydrogen-bond donors (Lipinski definition) is 2. The average Bonchev–Trinajstić information content (AvgIpc) is 3.12. The Kier molecular flexibility index (Phi) is 4.29. The second-order valence-electron chi connectivity index (χ2n) is 5.13. The van der Waals surface area contributed by atoms with E-state index in [0.717, 1.165) is 29.7 Å². The Morgan fingerprint density at radius 3 is 2.82 bits per heavy atom. The fraction of sp³-hybridized carbons (Fsp3) is 0.312. The van der Waals surface area contributed by atoms with E-state index in [2.05, 4.69) is 45.7 Å². The number of rotatable bonds is 4. The highest BCUT2D eigenvalue weighted by Crippen LogP contribution is 2.26. The molecule has 0 saturated heterocycles. The number of hydrogen-bond acceptors (Lipinski definition) is 4. The lowest BCUT2D eigenvalue weighted by Gasteiger charge is -2.19. The summed E-state index contributed by atoms with van der Waals surface area (Å²) in [6.45, 7) is 7.80. The molecule has 0 aromatic carbocycles. The molecule has 0 fully saturated rings. The maximum atomic E-state index is 5.46. The summed E-state index contributed by atoms with van der Waals surface area (Å²) < 4.78 is 7.72. The van der Waals surface area contributed by atoms with E-state index < -0.39 is 0 Å². The molecule has 116 valence electrons. The van der Waals surface area contributed by atoms with Gasteiger partial charge in [-0.2, -0.15) is 0 Å². The number of aryl methyl sites for hydroxylation is 1. The second kappa shape index (κ2) is 6.36. The first-order valence-corrected chi connectivity index (χ1v) is 8.19. The number of amidine groups is 1. The number of thioether (sulfide) groups is 1. The van der Waals surface area contributed by atoms with Crippen molar-refractivity contribution in [1.29, 1.82) is 0 Å². The van der Waals surface area contributed by atoms with Crippen LogP contribution in [0.2, 0.25) is 0 Å². The summed E-state index contributed by atoms with van der Waals surface area (Å²) in [6, 6.07) is 6.12. The van der Waals surface area contributed by atoms with E-state index in [1.54, 1.807) is 18.0 Å². The van der Waals surface area contributed by atoms with Gasteiger partial charge in [0.25, 0.3) is 0 Å². The van der Waals surface area contributed by atoms with Crippen molar-refractivity contribution in [1.82, 2.24) is 15.4 Å². The van der Waals surface area contributed by atoms with Crippen molar-refractivity contribution in [3.63, 3.8) is 0 Å². The zero-order chi connectivity index (χ0) is 15.5. The maximum Gasteiger partial charge on any atom is 0.179 e. The first-order chi connectivity index (χ1) is 10.7. The lowest BCUT2D eigenvalue weighted by Crippen LogP contribution is -2.37. The van der Waals surface area contributed by atoms with E-state index in [1.807, 2.05) is 19.1 Å². The van der Waals surface area contributed by atoms with Gasteiger partial charge in [-0.3, -0.25) is 15.8 Å². The van der Waals surface area contributed by atoms with Gasteiger partial charge in [-0.15, -0.1) is 0 Å². The highest BCUT2D eigenvalue weighted by atomic mass is 32.2. The molecular weight excluding hydrogens is 296 g/mol. The first-order valence-electron chi connectivity index (χ1n) is 7.31. The van der Waals surface area contributed by atoms with Crippen molar-refractivity contribution in [2.24, 2.45) is 4.99 Å². The standard InChI is InChI=1S/C16H20N4OS/c1-4-17-16-19-18-15(10-22-16)14-8-11(2)20(12(14)3)9-13-6-5-7-21-13/h5-8,10,18H,4,9H2,1-3H3,(H,17,19). The molecule has 0 spiro atoms. The maximum absolute atomic E-state index is 5.46. The normalized spacial score (nSPS) is 16.3. The van der Waals surface area contributed by atoms with Gasteiger partial charge in [-0.05, 0) is 39.0 Å². The molecule has 2 aromatic heterocycles. The molecule has 0 bridgehead atoms. The van der Waals surface area contributed by atoms with Crippen LogP contribution in [0.5, 0.6) is 0 Å². The van der Waals surface area contributed by atoms with E-state index in [-0.39, 0.29) is 0 Å². The lowest BCUT2D eigenvalue weighted by atomic mass is 10.2. The monoisotopic (exact) mass is 316 g/mol. The molecule has 1 aliphatic heterocycles. The summed E-state index contributed by atoms with van der Waals surface area (Å²) >= 11 is 1.61. The van der Waals surface area contributed by atoms with Crippen LogP contribution in [0.4, 0.5) is 0 Å². The van der Waals surface area contributed by atoms with Gasteiger partial charge in [0.2, 0.25) is 0 Å². The zero-order valence-corrected chi connectivity index (χ0v) is 13.8. The number of aliphatic imine (C=N–C) groups is 1. The van der Waals surface area contributed by atoms with Crippen LogP contribution in [0.3, 0.4) is 0 Å². The number of furan rings is 1. The molecule has 5 nitrogen and oxygen atoms in total. The second-order valence-corrected chi connectivity index (χ2v) is 5.99. The van der Waals surface area contributed by atoms with Crippen molar-refractivity contribution in [3.05, 3.63) is 52.6 Å². The Bertz CT molecular complexity index is 713. The molecule has 2 aromatic rings. The molecule has 0 atom stereocenters. The summed E-state index contributed by atoms with van der Waals surface area (Å²) in [5.41, 5.74) is 11.1. The van der Waals surface area contributed by atoms with Crippen LogP contribution in [-0.2, 0) is 6.54 Å². The van der Waals surface area contributed by atoms with Crippen LogP contribution in [0, 0.1) is 13.8 Å². The summed E-state index contributed by atoms with van der Waals surface area (Å²) in [6.07, 6.45) is 1.71. The summed E-state index contributed by atoms with van der Waals surface area (Å²) in [7, 11) is 0. The highest BCUT2D eigenvalue weighted by Gasteiger charge is 2.16. The summed E-state index contributed by atoms with van der Waals surface area (Å²) in [4.78, 5) is 4.35. The molecule has 0 saturated carbocycles. The minimum atomic E-state index is 0.751. The molecule has 3 heterocycles. The Labute approximate surface area is 134 Å². The van der Waals surface area contributed by atoms with Gasteiger partial charge in [-0.25, -0.2) is 0 Å². The van der Waals surface area contributed by atoms with Crippen molar-refractivity contribution in [2.75, 3.05) is 6.54 Å². The molecule has 1 aliphatic rings. The number of nitrogens with zero attached hydrogens (tertiary/aromatic N) is 2. The van der Waals surface area contributed by atoms with Gasteiger partial charge < -0.3 is 8.98 Å². The van der Waals surface area contributed by atoms with E-state index in [4.69, 9.17) is 4.42 Å². The molecule has 22 heavy (non-hydrogen) atoms. The average molecular weight is 316 g/mol. The summed E-state index contributed by atoms with van der Waals surface area (Å²) in [5, 5.41) is 3.00. The van der Waals surface area contributed by atoms with Gasteiger partial charge in [0.1, 0.15) is 5.76 Å². The molecule has 0 unspecified atom stereocenters. The van der Waals surface area contributed by atoms with Crippen molar-refractivity contribution in [2.45, 2.75) is 27.3 Å². The van der Waals surface area contributed by atoms with Crippen LogP contribution < -0.4 is 10.9 Å². The molecule has 0 amide bonds. The van der Waals surface area contributed by atoms with E-state index in [9.17, 15) is 0 Å². The Morgan fingerprint density at radius 2 is 2.18 bits per heavy atom. The minimum Gasteiger partial charge on any atom is -0.467 e. The molecule has 2 N–H and O–H groups in total. The van der Waals surface area contributed by atoms with Crippen molar-refractivity contribution in [3.8, 4) is 0 Å². The van der Waals surface area contributed by atoms with E-state index in [1.165, 1.54) is 17.0 Å². The Morgan fingerprint density at radius 1 is 1.32 bits per heavy atom. The quantitative estimate of drug-likeness (QED) is 0.909. The third-order valence-corrected chi connectivity index (χ3v) is 4.46. The predicted molar refractivity (Wildman–Crippen MR) is 91.5 cm³/mol. The number of hydrazine groups is 1. The molecule has 0 radical (unpaired) electrons. The number of nitrogens with one attached hydrogen (secondary N) is 2. The van der Waals surface area contributed by atoms with Crippen LogP contribution in [0.15, 0.2) is 39.3 Å². The first kappa shape index (κ1) is 14.8. The smallest absolute Gasteiger partial charge is 0.179 e. The van der Waals surface area contributed by atoms with Gasteiger partial charge in [0, 0.05) is 28.9 Å². The van der Waals surface area contributed by atoms with Gasteiger partial charge in [-0.1, -0.05) is 11.8 Å². The molecular formula is C16H20N4OS. The predicted octanol–water partition coefficient (Wildman–Crippen LogP) is 3.26. The van der Waals surface area contributed by atoms with E-state index in [0.29, 0.717) is 0 Å². The molecule has 6 heteroatoms. The van der Waals surface area contributed by atoms with Crippen LogP contribution in [0.25, 0.3) is 5.70 Å². The highest BCUT2D eigenvalue weighted by molar-refractivity contribution is 8.16. The number of aromatic nitrogens is 1. The lowest BCUT2D eigenvalue weighted by molar-refractivity contribution is 0.489. The fourth-order valence-corrected chi connectivity index (χ4v) is 3.25. The van der Waals surface area contributed by atoms with Gasteiger partial charge in [0.05, 0.1) is 18.5 Å². The third kappa shape index (κ3) is 2.92. The Balaban J connectivity index is 1.85. The van der Waals surface area contributed by atoms with Crippen LogP contribution in [0.1, 0.15) is 29.6 Å². The topological polar surface area (TPSA) is 54.5 Å². The SMILES string of the molecule is CCN=C1NNC(c2cc(C)n(Cc3ccco3)c2C)=CS1. The minimum absolute atomic E-state index is 0.751. The molecule has 0 aliphatic carbocycles.